The standard InChI is InChI=1S/C17H22N4O2/c1-3-6-16(22)20-9-4-7-13(12-20)14-11-15-17(23)19(2)8-5-10-21(15)18-14/h11,13H,4-5,7-10,12H2,1-2H3. The van der Waals surface area contributed by atoms with Crippen LogP contribution in [0.4, 0.5) is 0 Å². The van der Waals surface area contributed by atoms with Crippen LogP contribution in [0.3, 0.4) is 0 Å². The quantitative estimate of drug-likeness (QED) is 0.729. The van der Waals surface area contributed by atoms with Gasteiger partial charge in [-0.1, -0.05) is 5.92 Å². The molecule has 1 fully saturated rings. The third kappa shape index (κ3) is 3.09. The van der Waals surface area contributed by atoms with Crippen molar-refractivity contribution in [2.24, 2.45) is 0 Å². The molecule has 0 saturated carbocycles. The van der Waals surface area contributed by atoms with Crippen LogP contribution in [0.25, 0.3) is 0 Å². The number of likely N-dealkylation sites (tertiary alicyclic amines) is 1. The number of fused-ring (bicyclic) bond motifs is 1. The van der Waals surface area contributed by atoms with Gasteiger partial charge < -0.3 is 9.80 Å². The first-order chi connectivity index (χ1) is 11.1. The van der Waals surface area contributed by atoms with Gasteiger partial charge in [-0.2, -0.15) is 5.10 Å². The van der Waals surface area contributed by atoms with E-state index in [1.807, 2.05) is 17.8 Å². The Hall–Kier alpha value is -2.29. The minimum Gasteiger partial charge on any atom is -0.340 e. The highest BCUT2D eigenvalue weighted by Crippen LogP contribution is 2.27. The second kappa shape index (κ2) is 6.45. The van der Waals surface area contributed by atoms with Gasteiger partial charge in [-0.15, -0.1) is 0 Å². The molecule has 3 rings (SSSR count). The second-order valence-electron chi connectivity index (χ2n) is 6.22. The Kier molecular flexibility index (Phi) is 4.37. The van der Waals surface area contributed by atoms with Gasteiger partial charge in [0.05, 0.1) is 5.69 Å². The van der Waals surface area contributed by atoms with E-state index in [4.69, 9.17) is 0 Å². The molecule has 1 aromatic rings. The predicted molar refractivity (Wildman–Crippen MR) is 85.8 cm³/mol. The molecule has 1 unspecified atom stereocenters. The second-order valence-corrected chi connectivity index (χ2v) is 6.22. The number of carbonyl (C=O) groups is 2. The van der Waals surface area contributed by atoms with Gasteiger partial charge in [0.2, 0.25) is 0 Å². The number of aryl methyl sites for hydroxylation is 1. The van der Waals surface area contributed by atoms with E-state index in [0.717, 1.165) is 44.6 Å². The molecule has 1 atom stereocenters. The highest BCUT2D eigenvalue weighted by molar-refractivity contribution is 5.94. The third-order valence-electron chi connectivity index (χ3n) is 4.59. The number of nitrogens with zero attached hydrogens (tertiary/aromatic N) is 4. The Bertz CT molecular complexity index is 683. The van der Waals surface area contributed by atoms with Crippen molar-refractivity contribution in [3.05, 3.63) is 17.5 Å². The summed E-state index contributed by atoms with van der Waals surface area (Å²) in [6.07, 6.45) is 2.85. The predicted octanol–water partition coefficient (Wildman–Crippen LogP) is 1.09. The average molecular weight is 314 g/mol. The minimum atomic E-state index is -0.117. The lowest BCUT2D eigenvalue weighted by atomic mass is 9.94. The third-order valence-corrected chi connectivity index (χ3v) is 4.59. The van der Waals surface area contributed by atoms with Gasteiger partial charge in [0.15, 0.2) is 0 Å². The molecule has 0 N–H and O–H groups in total. The molecule has 6 heteroatoms. The maximum Gasteiger partial charge on any atom is 0.298 e. The van der Waals surface area contributed by atoms with E-state index >= 15 is 0 Å². The smallest absolute Gasteiger partial charge is 0.298 e. The SMILES string of the molecule is CC#CC(=O)N1CCCC(c2cc3n(n2)CCCN(C)C3=O)C1. The Morgan fingerprint density at radius 2 is 2.13 bits per heavy atom. The lowest BCUT2D eigenvalue weighted by Crippen LogP contribution is -2.38. The van der Waals surface area contributed by atoms with Crippen LogP contribution in [0.1, 0.15) is 48.3 Å². The molecular formula is C17H22N4O2. The largest absolute Gasteiger partial charge is 0.340 e. The number of piperidine rings is 1. The zero-order chi connectivity index (χ0) is 16.4. The Balaban J connectivity index is 1.81. The summed E-state index contributed by atoms with van der Waals surface area (Å²) in [6, 6.07) is 1.91. The molecule has 0 spiro atoms. The molecule has 0 bridgehead atoms. The normalized spacial score (nSPS) is 21.3. The summed E-state index contributed by atoms with van der Waals surface area (Å²) in [5.74, 6) is 5.37. The highest BCUT2D eigenvalue weighted by Gasteiger charge is 2.29. The van der Waals surface area contributed by atoms with Crippen molar-refractivity contribution in [3.63, 3.8) is 0 Å². The van der Waals surface area contributed by atoms with E-state index in [-0.39, 0.29) is 17.7 Å². The van der Waals surface area contributed by atoms with E-state index in [1.165, 1.54) is 0 Å². The molecule has 23 heavy (non-hydrogen) atoms. The maximum absolute atomic E-state index is 12.4. The first kappa shape index (κ1) is 15.6. The zero-order valence-corrected chi connectivity index (χ0v) is 13.7. The van der Waals surface area contributed by atoms with Gasteiger partial charge in [0.25, 0.3) is 11.8 Å². The topological polar surface area (TPSA) is 58.4 Å². The van der Waals surface area contributed by atoms with Crippen molar-refractivity contribution in [1.29, 1.82) is 0 Å². The molecule has 122 valence electrons. The summed E-state index contributed by atoms with van der Waals surface area (Å²) < 4.78 is 1.83. The van der Waals surface area contributed by atoms with E-state index in [9.17, 15) is 9.59 Å². The molecule has 2 aliphatic heterocycles. The molecular weight excluding hydrogens is 292 g/mol. The van der Waals surface area contributed by atoms with E-state index in [1.54, 1.807) is 16.7 Å². The summed E-state index contributed by atoms with van der Waals surface area (Å²) in [5.41, 5.74) is 1.59. The number of hydrogen-bond donors (Lipinski definition) is 0. The molecule has 1 saturated heterocycles. The summed E-state index contributed by atoms with van der Waals surface area (Å²) >= 11 is 0. The molecule has 0 aromatic carbocycles. The minimum absolute atomic E-state index is 0.0295. The van der Waals surface area contributed by atoms with Crippen LogP contribution in [-0.4, -0.2) is 58.1 Å². The van der Waals surface area contributed by atoms with Crippen LogP contribution in [0, 0.1) is 11.8 Å². The van der Waals surface area contributed by atoms with Gasteiger partial charge in [-0.25, -0.2) is 0 Å². The van der Waals surface area contributed by atoms with E-state index < -0.39 is 0 Å². The molecule has 3 heterocycles. The van der Waals surface area contributed by atoms with Gasteiger partial charge >= 0.3 is 0 Å². The lowest BCUT2D eigenvalue weighted by Gasteiger charge is -2.30. The van der Waals surface area contributed by atoms with Gasteiger partial charge in [-0.05, 0) is 38.2 Å². The number of rotatable bonds is 1. The number of aromatic nitrogens is 2. The maximum atomic E-state index is 12.4. The zero-order valence-electron chi connectivity index (χ0n) is 13.7. The summed E-state index contributed by atoms with van der Waals surface area (Å²) in [5, 5.41) is 4.65. The van der Waals surface area contributed by atoms with Gasteiger partial charge in [0, 0.05) is 39.1 Å². The van der Waals surface area contributed by atoms with Crippen LogP contribution < -0.4 is 0 Å². The number of carbonyl (C=O) groups excluding carboxylic acids is 2. The van der Waals surface area contributed by atoms with Gasteiger partial charge in [0.1, 0.15) is 5.69 Å². The van der Waals surface area contributed by atoms with Crippen molar-refractivity contribution in [2.75, 3.05) is 26.7 Å². The monoisotopic (exact) mass is 314 g/mol. The first-order valence-corrected chi connectivity index (χ1v) is 8.15. The Labute approximate surface area is 136 Å². The molecule has 2 amide bonds. The van der Waals surface area contributed by atoms with Crippen LogP contribution >= 0.6 is 0 Å². The average Bonchev–Trinajstić information content (AvgIpc) is 2.93. The van der Waals surface area contributed by atoms with Crippen molar-refractivity contribution in [1.82, 2.24) is 19.6 Å². The Morgan fingerprint density at radius 1 is 1.30 bits per heavy atom. The number of hydrogen-bond acceptors (Lipinski definition) is 3. The van der Waals surface area contributed by atoms with Crippen molar-refractivity contribution in [2.45, 2.75) is 38.6 Å². The highest BCUT2D eigenvalue weighted by atomic mass is 16.2. The fraction of sp³-hybridized carbons (Fsp3) is 0.588. The van der Waals surface area contributed by atoms with E-state index in [2.05, 4.69) is 16.9 Å². The summed E-state index contributed by atoms with van der Waals surface area (Å²) in [6.45, 7) is 4.59. The summed E-state index contributed by atoms with van der Waals surface area (Å²) in [4.78, 5) is 27.9. The van der Waals surface area contributed by atoms with Crippen molar-refractivity contribution >= 4 is 11.8 Å². The van der Waals surface area contributed by atoms with Crippen LogP contribution in [0.5, 0.6) is 0 Å². The van der Waals surface area contributed by atoms with Gasteiger partial charge in [-0.3, -0.25) is 14.3 Å². The molecule has 0 aliphatic carbocycles. The first-order valence-electron chi connectivity index (χ1n) is 8.15. The molecule has 0 radical (unpaired) electrons. The summed E-state index contributed by atoms with van der Waals surface area (Å²) in [7, 11) is 1.83. The van der Waals surface area contributed by atoms with Crippen LogP contribution in [0.2, 0.25) is 0 Å². The van der Waals surface area contributed by atoms with Crippen LogP contribution in [-0.2, 0) is 11.3 Å². The van der Waals surface area contributed by atoms with E-state index in [0.29, 0.717) is 12.2 Å². The van der Waals surface area contributed by atoms with Crippen molar-refractivity contribution in [3.8, 4) is 11.8 Å². The fourth-order valence-electron chi connectivity index (χ4n) is 3.32. The molecule has 6 nitrogen and oxygen atoms in total. The lowest BCUT2D eigenvalue weighted by molar-refractivity contribution is -0.126. The molecule has 1 aromatic heterocycles. The van der Waals surface area contributed by atoms with Crippen molar-refractivity contribution < 1.29 is 9.59 Å². The fourth-order valence-corrected chi connectivity index (χ4v) is 3.32. The molecule has 2 aliphatic rings. The van der Waals surface area contributed by atoms with Crippen LogP contribution in [0.15, 0.2) is 6.07 Å². The Morgan fingerprint density at radius 3 is 2.91 bits per heavy atom. The number of amides is 2.